The van der Waals surface area contributed by atoms with E-state index in [9.17, 15) is 14.4 Å². The number of ether oxygens (including phenoxy) is 3. The second kappa shape index (κ2) is 45.1. The summed E-state index contributed by atoms with van der Waals surface area (Å²) in [6.07, 6.45) is 52.3. The van der Waals surface area contributed by atoms with Gasteiger partial charge in [-0.05, 0) is 77.0 Å². The molecule has 324 valence electrons. The SMILES string of the molecule is CCCC/C=C\C/C=C\CCCCCCCC(=O)O[C@@H](COC(=O)CCCCCCC/C=C\C/C=C\CCCCC)COC(=O)CCCCCCCCCCC. The van der Waals surface area contributed by atoms with Gasteiger partial charge in [0, 0.05) is 19.3 Å². The maximum Gasteiger partial charge on any atom is 0.306 e. The first-order chi connectivity index (χ1) is 27.5. The van der Waals surface area contributed by atoms with Crippen molar-refractivity contribution in [2.45, 2.75) is 239 Å². The summed E-state index contributed by atoms with van der Waals surface area (Å²) in [7, 11) is 0. The average molecular weight is 785 g/mol. The molecule has 0 bridgehead atoms. The molecule has 0 aliphatic carbocycles. The van der Waals surface area contributed by atoms with Crippen molar-refractivity contribution in [3.63, 3.8) is 0 Å². The Morgan fingerprint density at radius 2 is 0.661 bits per heavy atom. The number of carbonyl (C=O) groups excluding carboxylic acids is 3. The van der Waals surface area contributed by atoms with E-state index in [1.807, 2.05) is 0 Å². The number of unbranched alkanes of at least 4 members (excludes halogenated alkanes) is 23. The number of allylic oxidation sites excluding steroid dienone is 8. The molecule has 6 nitrogen and oxygen atoms in total. The van der Waals surface area contributed by atoms with E-state index in [4.69, 9.17) is 14.2 Å². The Morgan fingerprint density at radius 3 is 1.07 bits per heavy atom. The fourth-order valence-electron chi connectivity index (χ4n) is 6.43. The molecule has 0 saturated heterocycles. The first-order valence-electron chi connectivity index (χ1n) is 23.6. The van der Waals surface area contributed by atoms with E-state index in [0.29, 0.717) is 19.3 Å². The quantitative estimate of drug-likeness (QED) is 0.0265. The minimum absolute atomic E-state index is 0.0823. The van der Waals surface area contributed by atoms with Gasteiger partial charge in [-0.25, -0.2) is 0 Å². The molecule has 0 amide bonds. The van der Waals surface area contributed by atoms with Gasteiger partial charge < -0.3 is 14.2 Å². The zero-order valence-corrected chi connectivity index (χ0v) is 36.9. The lowest BCUT2D eigenvalue weighted by Crippen LogP contribution is -2.30. The van der Waals surface area contributed by atoms with Crippen LogP contribution < -0.4 is 0 Å². The van der Waals surface area contributed by atoms with Crippen LogP contribution in [-0.2, 0) is 28.6 Å². The molecule has 0 aromatic rings. The highest BCUT2D eigenvalue weighted by Crippen LogP contribution is 2.13. The van der Waals surface area contributed by atoms with E-state index in [1.165, 1.54) is 89.9 Å². The number of hydrogen-bond donors (Lipinski definition) is 0. The highest BCUT2D eigenvalue weighted by Gasteiger charge is 2.19. The van der Waals surface area contributed by atoms with Crippen LogP contribution in [0, 0.1) is 0 Å². The Hall–Kier alpha value is -2.63. The lowest BCUT2D eigenvalue weighted by atomic mass is 10.1. The Labute approximate surface area is 346 Å². The molecule has 0 unspecified atom stereocenters. The van der Waals surface area contributed by atoms with Crippen molar-refractivity contribution in [3.8, 4) is 0 Å². The fourth-order valence-corrected chi connectivity index (χ4v) is 6.43. The molecule has 0 heterocycles. The van der Waals surface area contributed by atoms with E-state index in [-0.39, 0.29) is 31.1 Å². The standard InChI is InChI=1S/C50H88O6/c1-4-7-10-13-16-19-21-23-25-27-28-31-34-37-40-43-49(52)55-46-47(45-54-48(51)42-39-36-33-30-18-15-12-9-6-3)56-50(53)44-41-38-35-32-29-26-24-22-20-17-14-11-8-5-2/h14,16-17,19,22-25,47H,4-13,15,18,20-21,26-46H2,1-3H3/b17-14-,19-16-,24-22-,25-23-/t47-/m1/s1. The van der Waals surface area contributed by atoms with Gasteiger partial charge in [-0.15, -0.1) is 0 Å². The molecule has 0 aromatic heterocycles. The van der Waals surface area contributed by atoms with Gasteiger partial charge in [0.05, 0.1) is 0 Å². The first kappa shape index (κ1) is 53.4. The van der Waals surface area contributed by atoms with E-state index in [1.54, 1.807) is 0 Å². The summed E-state index contributed by atoms with van der Waals surface area (Å²) in [4.78, 5) is 37.7. The van der Waals surface area contributed by atoms with E-state index in [0.717, 1.165) is 103 Å². The van der Waals surface area contributed by atoms with Crippen molar-refractivity contribution in [1.82, 2.24) is 0 Å². The van der Waals surface area contributed by atoms with Crippen LogP contribution in [-0.4, -0.2) is 37.2 Å². The molecular weight excluding hydrogens is 697 g/mol. The maximum absolute atomic E-state index is 12.7. The Morgan fingerprint density at radius 1 is 0.357 bits per heavy atom. The normalized spacial score (nSPS) is 12.4. The molecule has 0 rings (SSSR count). The summed E-state index contributed by atoms with van der Waals surface area (Å²) in [6, 6.07) is 0. The Balaban J connectivity index is 4.39. The Kier molecular flexibility index (Phi) is 43.0. The smallest absolute Gasteiger partial charge is 0.306 e. The molecule has 0 aliphatic rings. The fraction of sp³-hybridized carbons (Fsp3) is 0.780. The van der Waals surface area contributed by atoms with Crippen molar-refractivity contribution in [1.29, 1.82) is 0 Å². The topological polar surface area (TPSA) is 78.9 Å². The van der Waals surface area contributed by atoms with Crippen LogP contribution in [0.1, 0.15) is 233 Å². The summed E-state index contributed by atoms with van der Waals surface area (Å²) in [6.45, 7) is 6.52. The van der Waals surface area contributed by atoms with Gasteiger partial charge >= 0.3 is 17.9 Å². The van der Waals surface area contributed by atoms with E-state index in [2.05, 4.69) is 69.4 Å². The van der Waals surface area contributed by atoms with Crippen LogP contribution in [0.5, 0.6) is 0 Å². The second-order valence-corrected chi connectivity index (χ2v) is 15.7. The molecule has 56 heavy (non-hydrogen) atoms. The number of esters is 3. The highest BCUT2D eigenvalue weighted by molar-refractivity contribution is 5.71. The lowest BCUT2D eigenvalue weighted by Gasteiger charge is -2.18. The largest absolute Gasteiger partial charge is 0.462 e. The predicted octanol–water partition coefficient (Wildman–Crippen LogP) is 15.1. The number of hydrogen-bond acceptors (Lipinski definition) is 6. The number of carbonyl (C=O) groups is 3. The summed E-state index contributed by atoms with van der Waals surface area (Å²) in [5, 5.41) is 0. The third-order valence-electron chi connectivity index (χ3n) is 10.1. The van der Waals surface area contributed by atoms with Crippen molar-refractivity contribution in [2.75, 3.05) is 13.2 Å². The molecule has 0 aliphatic heterocycles. The van der Waals surface area contributed by atoms with Crippen molar-refractivity contribution >= 4 is 17.9 Å². The van der Waals surface area contributed by atoms with Crippen molar-refractivity contribution in [2.24, 2.45) is 0 Å². The van der Waals surface area contributed by atoms with Crippen LogP contribution in [0.15, 0.2) is 48.6 Å². The number of rotatable bonds is 42. The molecule has 0 N–H and O–H groups in total. The summed E-state index contributed by atoms with van der Waals surface area (Å²) < 4.78 is 16.7. The summed E-state index contributed by atoms with van der Waals surface area (Å²) in [5.74, 6) is -0.913. The minimum atomic E-state index is -0.781. The van der Waals surface area contributed by atoms with Crippen LogP contribution in [0.4, 0.5) is 0 Å². The third-order valence-corrected chi connectivity index (χ3v) is 10.1. The highest BCUT2D eigenvalue weighted by atomic mass is 16.6. The maximum atomic E-state index is 12.7. The molecule has 0 spiro atoms. The lowest BCUT2D eigenvalue weighted by molar-refractivity contribution is -0.167. The molecule has 0 aromatic carbocycles. The molecule has 0 fully saturated rings. The zero-order chi connectivity index (χ0) is 40.8. The molecule has 0 radical (unpaired) electrons. The zero-order valence-electron chi connectivity index (χ0n) is 36.9. The van der Waals surface area contributed by atoms with E-state index < -0.39 is 6.10 Å². The van der Waals surface area contributed by atoms with Crippen LogP contribution in [0.2, 0.25) is 0 Å². The van der Waals surface area contributed by atoms with Crippen molar-refractivity contribution in [3.05, 3.63) is 48.6 Å². The van der Waals surface area contributed by atoms with Crippen LogP contribution >= 0.6 is 0 Å². The van der Waals surface area contributed by atoms with E-state index >= 15 is 0 Å². The summed E-state index contributed by atoms with van der Waals surface area (Å²) >= 11 is 0. The van der Waals surface area contributed by atoms with Gasteiger partial charge in [0.25, 0.3) is 0 Å². The van der Waals surface area contributed by atoms with Gasteiger partial charge in [-0.3, -0.25) is 14.4 Å². The van der Waals surface area contributed by atoms with Gasteiger partial charge in [0.1, 0.15) is 13.2 Å². The molecule has 6 heteroatoms. The first-order valence-corrected chi connectivity index (χ1v) is 23.6. The minimum Gasteiger partial charge on any atom is -0.462 e. The average Bonchev–Trinajstić information content (AvgIpc) is 3.19. The molecule has 0 saturated carbocycles. The van der Waals surface area contributed by atoms with Gasteiger partial charge in [-0.1, -0.05) is 185 Å². The van der Waals surface area contributed by atoms with Gasteiger partial charge in [0.15, 0.2) is 6.10 Å². The monoisotopic (exact) mass is 785 g/mol. The molecule has 1 atom stereocenters. The van der Waals surface area contributed by atoms with Crippen LogP contribution in [0.25, 0.3) is 0 Å². The van der Waals surface area contributed by atoms with Gasteiger partial charge in [0.2, 0.25) is 0 Å². The van der Waals surface area contributed by atoms with Gasteiger partial charge in [-0.2, -0.15) is 0 Å². The predicted molar refractivity (Wildman–Crippen MR) is 238 cm³/mol. The summed E-state index contributed by atoms with van der Waals surface area (Å²) in [5.41, 5.74) is 0. The molecular formula is C50H88O6. The van der Waals surface area contributed by atoms with Crippen LogP contribution in [0.3, 0.4) is 0 Å². The Bertz CT molecular complexity index is 996. The van der Waals surface area contributed by atoms with Crippen molar-refractivity contribution < 1.29 is 28.6 Å². The third kappa shape index (κ3) is 42.5. The second-order valence-electron chi connectivity index (χ2n) is 15.7.